The van der Waals surface area contributed by atoms with Gasteiger partial charge in [-0.05, 0) is 58.7 Å². The third-order valence-corrected chi connectivity index (χ3v) is 11.3. The summed E-state index contributed by atoms with van der Waals surface area (Å²) in [6, 6.07) is 33.0. The van der Waals surface area contributed by atoms with E-state index in [0.717, 1.165) is 11.4 Å². The van der Waals surface area contributed by atoms with E-state index < -0.39 is 8.32 Å². The van der Waals surface area contributed by atoms with Crippen molar-refractivity contribution in [2.75, 3.05) is 6.61 Å². The number of hydrogen-bond acceptors (Lipinski definition) is 3. The Kier molecular flexibility index (Phi) is 7.38. The number of aromatic nitrogens is 1. The maximum atomic E-state index is 12.0. The van der Waals surface area contributed by atoms with Crippen LogP contribution in [0.15, 0.2) is 103 Å². The van der Waals surface area contributed by atoms with E-state index in [1.54, 1.807) is 12.1 Å². The number of nitrogens with zero attached hydrogens (tertiary/aromatic N) is 1. The predicted molar refractivity (Wildman–Crippen MR) is 144 cm³/mol. The van der Waals surface area contributed by atoms with Gasteiger partial charge in [0.2, 0.25) is 0 Å². The van der Waals surface area contributed by atoms with Gasteiger partial charge in [0.25, 0.3) is 8.32 Å². The molecule has 0 atom stereocenters. The van der Waals surface area contributed by atoms with Gasteiger partial charge in [-0.2, -0.15) is 0 Å². The number of benzene rings is 3. The minimum atomic E-state index is -2.64. The number of carbonyl (C=O) groups excluding carboxylic acids is 1. The van der Waals surface area contributed by atoms with Crippen molar-refractivity contribution in [1.29, 1.82) is 0 Å². The van der Waals surface area contributed by atoms with Crippen molar-refractivity contribution in [3.05, 3.63) is 115 Å². The van der Waals surface area contributed by atoms with Gasteiger partial charge in [0.15, 0.2) is 0 Å². The van der Waals surface area contributed by atoms with E-state index in [1.807, 2.05) is 31.3 Å². The van der Waals surface area contributed by atoms with Crippen LogP contribution in [0.4, 0.5) is 0 Å². The summed E-state index contributed by atoms with van der Waals surface area (Å²) in [6.07, 6.45) is 2.03. The molecule has 0 aliphatic carbocycles. The normalized spacial score (nSPS) is 11.9. The van der Waals surface area contributed by atoms with Crippen LogP contribution in [0.2, 0.25) is 5.04 Å². The number of hydrogen-bond donors (Lipinski definition) is 0. The van der Waals surface area contributed by atoms with Crippen LogP contribution in [0, 0.1) is 0 Å². The Morgan fingerprint density at radius 2 is 1.37 bits per heavy atom. The molecule has 0 amide bonds. The third kappa shape index (κ3) is 5.02. The van der Waals surface area contributed by atoms with E-state index in [-0.39, 0.29) is 11.0 Å². The summed E-state index contributed by atoms with van der Waals surface area (Å²) in [5, 5.41) is 2.43. The Morgan fingerprint density at radius 3 is 1.89 bits per heavy atom. The molecule has 4 aromatic rings. The van der Waals surface area contributed by atoms with E-state index >= 15 is 0 Å². The molecule has 180 valence electrons. The number of rotatable bonds is 8. The fraction of sp³-hybridized carbons (Fsp3) is 0.233. The predicted octanol–water partition coefficient (Wildman–Crippen LogP) is 5.73. The molecule has 0 N–H and O–H groups in total. The van der Waals surface area contributed by atoms with Crippen LogP contribution in [-0.2, 0) is 15.8 Å². The quantitative estimate of drug-likeness (QED) is 0.237. The Morgan fingerprint density at radius 1 is 0.800 bits per heavy atom. The molecule has 35 heavy (non-hydrogen) atoms. The molecule has 0 radical (unpaired) electrons. The number of carbonyl (C=O) groups is 1. The first kappa shape index (κ1) is 24.7. The average Bonchev–Trinajstić information content (AvgIpc) is 3.34. The van der Waals surface area contributed by atoms with E-state index in [2.05, 4.69) is 92.1 Å². The summed E-state index contributed by atoms with van der Waals surface area (Å²) in [6.45, 7) is 9.50. The lowest BCUT2D eigenvalue weighted by Crippen LogP contribution is -2.66. The molecule has 0 unspecified atom stereocenters. The highest BCUT2D eigenvalue weighted by atomic mass is 28.4. The second-order valence-corrected chi connectivity index (χ2v) is 13.9. The Bertz CT molecular complexity index is 1200. The zero-order chi connectivity index (χ0) is 24.9. The second-order valence-electron chi connectivity index (χ2n) is 9.59. The van der Waals surface area contributed by atoms with Crippen LogP contribution < -0.4 is 10.4 Å². The summed E-state index contributed by atoms with van der Waals surface area (Å²) >= 11 is 0. The van der Waals surface area contributed by atoms with Gasteiger partial charge < -0.3 is 13.7 Å². The van der Waals surface area contributed by atoms with Crippen molar-refractivity contribution in [2.24, 2.45) is 0 Å². The first-order chi connectivity index (χ1) is 16.9. The van der Waals surface area contributed by atoms with Gasteiger partial charge in [-0.15, -0.1) is 0 Å². The topological polar surface area (TPSA) is 40.5 Å². The van der Waals surface area contributed by atoms with E-state index in [1.165, 1.54) is 10.4 Å². The van der Waals surface area contributed by atoms with E-state index in [9.17, 15) is 4.79 Å². The molecule has 4 nitrogen and oxygen atoms in total. The van der Waals surface area contributed by atoms with Crippen molar-refractivity contribution in [3.63, 3.8) is 0 Å². The molecule has 0 aliphatic rings. The van der Waals surface area contributed by atoms with Gasteiger partial charge in [-0.25, -0.2) is 4.79 Å². The van der Waals surface area contributed by atoms with E-state index in [0.29, 0.717) is 18.8 Å². The minimum Gasteiger partial charge on any atom is -0.462 e. The van der Waals surface area contributed by atoms with Gasteiger partial charge in [0.1, 0.15) is 0 Å². The van der Waals surface area contributed by atoms with Gasteiger partial charge in [0.05, 0.1) is 18.8 Å². The van der Waals surface area contributed by atoms with Crippen molar-refractivity contribution >= 4 is 24.7 Å². The molecule has 4 rings (SSSR count). The van der Waals surface area contributed by atoms with Crippen LogP contribution in [0.3, 0.4) is 0 Å². The van der Waals surface area contributed by atoms with Gasteiger partial charge in [-0.3, -0.25) is 0 Å². The Hall–Kier alpha value is -3.41. The Labute approximate surface area is 209 Å². The van der Waals surface area contributed by atoms with Gasteiger partial charge in [0, 0.05) is 17.6 Å². The standard InChI is InChI=1S/C30H33NO3Si/c1-5-33-29(32)24-18-20-25(21-19-24)31-22-12-13-26(31)23-34-35(30(2,3)4,27-14-8-6-9-15-27)28-16-10-7-11-17-28/h6-22H,5,23H2,1-4H3. The first-order valence-electron chi connectivity index (χ1n) is 12.1. The molecule has 1 heterocycles. The van der Waals surface area contributed by atoms with Crippen molar-refractivity contribution < 1.29 is 14.0 Å². The van der Waals surface area contributed by atoms with Crippen LogP contribution >= 0.6 is 0 Å². The van der Waals surface area contributed by atoms with E-state index in [4.69, 9.17) is 9.16 Å². The zero-order valence-corrected chi connectivity index (χ0v) is 21.9. The van der Waals surface area contributed by atoms with Crippen molar-refractivity contribution in [2.45, 2.75) is 39.3 Å². The largest absolute Gasteiger partial charge is 0.462 e. The molecular weight excluding hydrogens is 450 g/mol. The highest BCUT2D eigenvalue weighted by molar-refractivity contribution is 6.99. The van der Waals surface area contributed by atoms with Crippen LogP contribution in [0.25, 0.3) is 5.69 Å². The monoisotopic (exact) mass is 483 g/mol. The number of esters is 1. The molecular formula is C30H33NO3Si. The molecule has 0 spiro atoms. The molecule has 1 aromatic heterocycles. The molecule has 0 saturated carbocycles. The summed E-state index contributed by atoms with van der Waals surface area (Å²) < 4.78 is 14.3. The fourth-order valence-electron chi connectivity index (χ4n) is 4.70. The summed E-state index contributed by atoms with van der Waals surface area (Å²) in [5.74, 6) is -0.304. The molecule has 5 heteroatoms. The maximum absolute atomic E-state index is 12.0. The van der Waals surface area contributed by atoms with Crippen molar-refractivity contribution in [1.82, 2.24) is 4.57 Å². The lowest BCUT2D eigenvalue weighted by Gasteiger charge is -2.43. The molecule has 3 aromatic carbocycles. The average molecular weight is 484 g/mol. The van der Waals surface area contributed by atoms with Crippen molar-refractivity contribution in [3.8, 4) is 5.69 Å². The Balaban J connectivity index is 1.69. The van der Waals surface area contributed by atoms with Crippen LogP contribution in [-0.4, -0.2) is 25.5 Å². The molecule has 0 aliphatic heterocycles. The second kappa shape index (κ2) is 10.5. The minimum absolute atomic E-state index is 0.0889. The highest BCUT2D eigenvalue weighted by Crippen LogP contribution is 2.37. The zero-order valence-electron chi connectivity index (χ0n) is 20.9. The number of ether oxygens (including phenoxy) is 1. The summed E-state index contributed by atoms with van der Waals surface area (Å²) in [4.78, 5) is 12.0. The lowest BCUT2D eigenvalue weighted by molar-refractivity contribution is 0.0526. The van der Waals surface area contributed by atoms with Crippen LogP contribution in [0.5, 0.6) is 0 Å². The SMILES string of the molecule is CCOC(=O)c1ccc(-n2cccc2CO[Si](c2ccccc2)(c2ccccc2)C(C)(C)C)cc1. The lowest BCUT2D eigenvalue weighted by atomic mass is 10.2. The molecule has 0 saturated heterocycles. The molecule has 0 bridgehead atoms. The summed E-state index contributed by atoms with van der Waals surface area (Å²) in [5.41, 5.74) is 2.58. The van der Waals surface area contributed by atoms with Gasteiger partial charge in [-0.1, -0.05) is 81.4 Å². The highest BCUT2D eigenvalue weighted by Gasteiger charge is 2.50. The fourth-order valence-corrected chi connectivity index (χ4v) is 9.22. The molecule has 0 fully saturated rings. The van der Waals surface area contributed by atoms with Gasteiger partial charge >= 0.3 is 5.97 Å². The van der Waals surface area contributed by atoms with Crippen LogP contribution in [0.1, 0.15) is 43.7 Å². The first-order valence-corrected chi connectivity index (χ1v) is 14.0. The maximum Gasteiger partial charge on any atom is 0.338 e. The third-order valence-electron chi connectivity index (χ3n) is 6.34. The smallest absolute Gasteiger partial charge is 0.338 e. The summed E-state index contributed by atoms with van der Waals surface area (Å²) in [7, 11) is -2.64.